The van der Waals surface area contributed by atoms with E-state index in [1.807, 2.05) is 26.8 Å². The van der Waals surface area contributed by atoms with Crippen LogP contribution in [0.25, 0.3) is 0 Å². The van der Waals surface area contributed by atoms with E-state index in [9.17, 15) is 4.79 Å². The van der Waals surface area contributed by atoms with Crippen LogP contribution in [-0.2, 0) is 17.8 Å². The molecular formula is C16H24N2O2. The first-order chi connectivity index (χ1) is 9.44. The number of rotatable bonds is 5. The molecular weight excluding hydrogens is 252 g/mol. The van der Waals surface area contributed by atoms with Gasteiger partial charge in [0.1, 0.15) is 5.75 Å². The quantitative estimate of drug-likeness (QED) is 0.809. The van der Waals surface area contributed by atoms with E-state index < -0.39 is 0 Å². The number of ether oxygens (including phenoxy) is 1. The topological polar surface area (TPSA) is 50.4 Å². The van der Waals surface area contributed by atoms with E-state index in [0.29, 0.717) is 13.0 Å². The van der Waals surface area contributed by atoms with Gasteiger partial charge < -0.3 is 15.4 Å². The summed E-state index contributed by atoms with van der Waals surface area (Å²) in [5, 5.41) is 6.26. The normalized spacial score (nSPS) is 13.8. The molecule has 0 unspecified atom stereocenters. The molecule has 1 aromatic carbocycles. The first-order valence-corrected chi connectivity index (χ1v) is 7.20. The predicted octanol–water partition coefficient (Wildman–Crippen LogP) is 2.02. The van der Waals surface area contributed by atoms with Gasteiger partial charge in [0, 0.05) is 31.5 Å². The molecule has 1 heterocycles. The summed E-state index contributed by atoms with van der Waals surface area (Å²) in [6, 6.07) is 6.29. The van der Waals surface area contributed by atoms with Gasteiger partial charge in [0.15, 0.2) is 0 Å². The Morgan fingerprint density at radius 3 is 2.90 bits per heavy atom. The van der Waals surface area contributed by atoms with Crippen LogP contribution in [0.4, 0.5) is 0 Å². The molecule has 4 heteroatoms. The zero-order valence-corrected chi connectivity index (χ0v) is 12.6. The summed E-state index contributed by atoms with van der Waals surface area (Å²) in [6.07, 6.45) is 1.50. The number of benzene rings is 1. The van der Waals surface area contributed by atoms with E-state index in [1.165, 1.54) is 11.1 Å². The molecule has 1 amide bonds. The van der Waals surface area contributed by atoms with Gasteiger partial charge in [-0.25, -0.2) is 0 Å². The number of hydrogen-bond donors (Lipinski definition) is 2. The molecule has 2 rings (SSSR count). The Labute approximate surface area is 120 Å². The van der Waals surface area contributed by atoms with Crippen LogP contribution >= 0.6 is 0 Å². The lowest BCUT2D eigenvalue weighted by atomic mass is 10.1. The molecule has 0 atom stereocenters. The van der Waals surface area contributed by atoms with Crippen LogP contribution in [0.3, 0.4) is 0 Å². The van der Waals surface area contributed by atoms with Crippen molar-refractivity contribution in [1.29, 1.82) is 0 Å². The molecule has 1 aliphatic rings. The third-order valence-electron chi connectivity index (χ3n) is 3.13. The van der Waals surface area contributed by atoms with Crippen molar-refractivity contribution < 1.29 is 9.53 Å². The van der Waals surface area contributed by atoms with Gasteiger partial charge in [0.05, 0.1) is 6.61 Å². The molecule has 0 radical (unpaired) electrons. The van der Waals surface area contributed by atoms with E-state index >= 15 is 0 Å². The van der Waals surface area contributed by atoms with Gasteiger partial charge in [-0.05, 0) is 38.0 Å². The van der Waals surface area contributed by atoms with Crippen LogP contribution < -0.4 is 15.4 Å². The summed E-state index contributed by atoms with van der Waals surface area (Å²) in [5.74, 6) is 1.10. The van der Waals surface area contributed by atoms with Gasteiger partial charge in [-0.1, -0.05) is 12.1 Å². The molecule has 4 nitrogen and oxygen atoms in total. The summed E-state index contributed by atoms with van der Waals surface area (Å²) in [7, 11) is 0. The molecule has 1 aromatic rings. The van der Waals surface area contributed by atoms with Crippen molar-refractivity contribution in [2.75, 3.05) is 13.2 Å². The Morgan fingerprint density at radius 2 is 2.15 bits per heavy atom. The van der Waals surface area contributed by atoms with Crippen molar-refractivity contribution in [2.45, 2.75) is 45.7 Å². The number of fused-ring (bicyclic) bond motifs is 1. The number of amides is 1. The zero-order chi connectivity index (χ0) is 14.6. The average Bonchev–Trinajstić information content (AvgIpc) is 2.79. The van der Waals surface area contributed by atoms with Crippen molar-refractivity contribution in [3.63, 3.8) is 0 Å². The van der Waals surface area contributed by atoms with Crippen LogP contribution in [0, 0.1) is 0 Å². The van der Waals surface area contributed by atoms with Gasteiger partial charge >= 0.3 is 0 Å². The maximum Gasteiger partial charge on any atom is 0.221 e. The van der Waals surface area contributed by atoms with Gasteiger partial charge in [-0.2, -0.15) is 0 Å². The lowest BCUT2D eigenvalue weighted by Gasteiger charge is -2.20. The first-order valence-electron chi connectivity index (χ1n) is 7.20. The van der Waals surface area contributed by atoms with Crippen molar-refractivity contribution >= 4 is 5.91 Å². The minimum Gasteiger partial charge on any atom is -0.493 e. The Bertz CT molecular complexity index is 478. The second-order valence-electron chi connectivity index (χ2n) is 6.27. The molecule has 0 saturated carbocycles. The molecule has 1 aliphatic heterocycles. The summed E-state index contributed by atoms with van der Waals surface area (Å²) >= 11 is 0. The maximum absolute atomic E-state index is 11.7. The molecule has 0 bridgehead atoms. The largest absolute Gasteiger partial charge is 0.493 e. The highest BCUT2D eigenvalue weighted by atomic mass is 16.5. The van der Waals surface area contributed by atoms with Gasteiger partial charge in [-0.15, -0.1) is 0 Å². The summed E-state index contributed by atoms with van der Waals surface area (Å²) in [6.45, 7) is 8.24. The minimum absolute atomic E-state index is 0.0901. The lowest BCUT2D eigenvalue weighted by Crippen LogP contribution is -2.41. The maximum atomic E-state index is 11.7. The average molecular weight is 276 g/mol. The Balaban J connectivity index is 1.70. The third-order valence-corrected chi connectivity index (χ3v) is 3.13. The highest BCUT2D eigenvalue weighted by Crippen LogP contribution is 2.25. The number of nitrogens with one attached hydrogen (secondary N) is 2. The fraction of sp³-hybridized carbons (Fsp3) is 0.562. The van der Waals surface area contributed by atoms with Crippen LogP contribution in [0.15, 0.2) is 18.2 Å². The van der Waals surface area contributed by atoms with Crippen LogP contribution in [0.1, 0.15) is 38.3 Å². The number of hydrogen-bond acceptors (Lipinski definition) is 3. The highest BCUT2D eigenvalue weighted by Gasteiger charge is 2.13. The van der Waals surface area contributed by atoms with E-state index in [0.717, 1.165) is 25.3 Å². The standard InChI is InChI=1S/C16H24N2O2/c1-16(2,3)18-15(19)6-8-17-11-12-4-5-14-13(10-12)7-9-20-14/h4-5,10,17H,6-9,11H2,1-3H3,(H,18,19). The summed E-state index contributed by atoms with van der Waals surface area (Å²) in [4.78, 5) is 11.7. The molecule has 0 spiro atoms. The fourth-order valence-corrected chi connectivity index (χ4v) is 2.27. The van der Waals surface area contributed by atoms with Crippen molar-refractivity contribution in [3.05, 3.63) is 29.3 Å². The summed E-state index contributed by atoms with van der Waals surface area (Å²) < 4.78 is 5.48. The van der Waals surface area contributed by atoms with Crippen molar-refractivity contribution in [1.82, 2.24) is 10.6 Å². The predicted molar refractivity (Wildman–Crippen MR) is 79.9 cm³/mol. The lowest BCUT2D eigenvalue weighted by molar-refractivity contribution is -0.122. The zero-order valence-electron chi connectivity index (χ0n) is 12.6. The Morgan fingerprint density at radius 1 is 1.35 bits per heavy atom. The van der Waals surface area contributed by atoms with E-state index in [-0.39, 0.29) is 11.4 Å². The van der Waals surface area contributed by atoms with Crippen molar-refractivity contribution in [3.8, 4) is 5.75 Å². The molecule has 20 heavy (non-hydrogen) atoms. The van der Waals surface area contributed by atoms with Crippen LogP contribution in [0.5, 0.6) is 5.75 Å². The van der Waals surface area contributed by atoms with Crippen molar-refractivity contribution in [2.24, 2.45) is 0 Å². The van der Waals surface area contributed by atoms with Gasteiger partial charge in [0.2, 0.25) is 5.91 Å². The molecule has 110 valence electrons. The molecule has 0 aromatic heterocycles. The van der Waals surface area contributed by atoms with Crippen LogP contribution in [0.2, 0.25) is 0 Å². The fourth-order valence-electron chi connectivity index (χ4n) is 2.27. The Hall–Kier alpha value is -1.55. The first kappa shape index (κ1) is 14.9. The Kier molecular flexibility index (Phi) is 4.65. The van der Waals surface area contributed by atoms with E-state index in [4.69, 9.17) is 4.74 Å². The molecule has 0 aliphatic carbocycles. The third kappa shape index (κ3) is 4.53. The van der Waals surface area contributed by atoms with Gasteiger partial charge in [-0.3, -0.25) is 4.79 Å². The highest BCUT2D eigenvalue weighted by molar-refractivity contribution is 5.76. The van der Waals surface area contributed by atoms with E-state index in [1.54, 1.807) is 0 Å². The molecule has 2 N–H and O–H groups in total. The second kappa shape index (κ2) is 6.27. The number of carbonyl (C=O) groups excluding carboxylic acids is 1. The molecule has 0 saturated heterocycles. The molecule has 0 fully saturated rings. The second-order valence-corrected chi connectivity index (χ2v) is 6.27. The monoisotopic (exact) mass is 276 g/mol. The SMILES string of the molecule is CC(C)(C)NC(=O)CCNCc1ccc2c(c1)CCO2. The van der Waals surface area contributed by atoms with Crippen LogP contribution in [-0.4, -0.2) is 24.6 Å². The van der Waals surface area contributed by atoms with Gasteiger partial charge in [0.25, 0.3) is 0 Å². The smallest absolute Gasteiger partial charge is 0.221 e. The minimum atomic E-state index is -0.156. The number of carbonyl (C=O) groups is 1. The summed E-state index contributed by atoms with van der Waals surface area (Å²) in [5.41, 5.74) is 2.37. The van der Waals surface area contributed by atoms with E-state index in [2.05, 4.69) is 22.8 Å².